The SMILES string of the molecule is C=C1C(=O)OC2C(C)=CC(OC(C)=O)CC3(C)OC3CC12. The smallest absolute Gasteiger partial charge is 0.334 e. The van der Waals surface area contributed by atoms with Crippen molar-refractivity contribution < 1.29 is 23.8 Å². The van der Waals surface area contributed by atoms with Gasteiger partial charge in [-0.3, -0.25) is 4.79 Å². The van der Waals surface area contributed by atoms with E-state index in [1.165, 1.54) is 6.92 Å². The fourth-order valence-electron chi connectivity index (χ4n) is 3.42. The van der Waals surface area contributed by atoms with Gasteiger partial charge in [0.05, 0.1) is 11.7 Å². The molecule has 114 valence electrons. The highest BCUT2D eigenvalue weighted by atomic mass is 16.6. The van der Waals surface area contributed by atoms with Crippen molar-refractivity contribution in [2.75, 3.05) is 0 Å². The minimum Gasteiger partial charge on any atom is -0.458 e. The third kappa shape index (κ3) is 2.50. The lowest BCUT2D eigenvalue weighted by atomic mass is 9.87. The van der Waals surface area contributed by atoms with E-state index in [2.05, 4.69) is 6.58 Å². The molecule has 2 heterocycles. The van der Waals surface area contributed by atoms with Gasteiger partial charge in [-0.05, 0) is 31.9 Å². The Kier molecular flexibility index (Phi) is 3.20. The predicted octanol–water partition coefficient (Wildman–Crippen LogP) is 1.91. The van der Waals surface area contributed by atoms with Crippen molar-refractivity contribution in [1.29, 1.82) is 0 Å². The van der Waals surface area contributed by atoms with E-state index in [1.54, 1.807) is 0 Å². The molecule has 0 radical (unpaired) electrons. The van der Waals surface area contributed by atoms with E-state index in [1.807, 2.05) is 19.9 Å². The summed E-state index contributed by atoms with van der Waals surface area (Å²) in [6.07, 6.45) is 2.57. The maximum absolute atomic E-state index is 11.8. The van der Waals surface area contributed by atoms with E-state index in [0.717, 1.165) is 5.57 Å². The van der Waals surface area contributed by atoms with Gasteiger partial charge in [0.2, 0.25) is 0 Å². The van der Waals surface area contributed by atoms with Crippen LogP contribution < -0.4 is 0 Å². The zero-order valence-electron chi connectivity index (χ0n) is 12.5. The van der Waals surface area contributed by atoms with Gasteiger partial charge in [-0.25, -0.2) is 4.79 Å². The minimum atomic E-state index is -0.358. The first kappa shape index (κ1) is 14.3. The molecule has 2 fully saturated rings. The van der Waals surface area contributed by atoms with E-state index in [-0.39, 0.29) is 41.8 Å². The third-order valence-corrected chi connectivity index (χ3v) is 4.63. The zero-order chi connectivity index (χ0) is 15.4. The predicted molar refractivity (Wildman–Crippen MR) is 74.3 cm³/mol. The number of epoxide rings is 1. The topological polar surface area (TPSA) is 65.1 Å². The Labute approximate surface area is 123 Å². The first-order valence-electron chi connectivity index (χ1n) is 7.23. The van der Waals surface area contributed by atoms with Gasteiger partial charge in [-0.1, -0.05) is 6.58 Å². The number of carbonyl (C=O) groups excluding carboxylic acids is 2. The monoisotopic (exact) mass is 292 g/mol. The van der Waals surface area contributed by atoms with E-state index in [0.29, 0.717) is 18.4 Å². The fraction of sp³-hybridized carbons (Fsp3) is 0.625. The van der Waals surface area contributed by atoms with Crippen molar-refractivity contribution in [3.63, 3.8) is 0 Å². The molecule has 0 N–H and O–H groups in total. The highest BCUT2D eigenvalue weighted by Gasteiger charge is 2.57. The molecule has 5 unspecified atom stereocenters. The van der Waals surface area contributed by atoms with Crippen LogP contribution in [-0.4, -0.2) is 35.9 Å². The van der Waals surface area contributed by atoms with Gasteiger partial charge < -0.3 is 14.2 Å². The van der Waals surface area contributed by atoms with Crippen molar-refractivity contribution in [3.8, 4) is 0 Å². The number of ether oxygens (including phenoxy) is 3. The maximum atomic E-state index is 11.8. The number of esters is 2. The Bertz CT molecular complexity index is 549. The summed E-state index contributed by atoms with van der Waals surface area (Å²) in [6.45, 7) is 9.16. The molecule has 0 saturated carbocycles. The summed E-state index contributed by atoms with van der Waals surface area (Å²) in [6, 6.07) is 0. The number of fused-ring (bicyclic) bond motifs is 2. The van der Waals surface area contributed by atoms with Gasteiger partial charge in [0.25, 0.3) is 0 Å². The van der Waals surface area contributed by atoms with Gasteiger partial charge in [0, 0.05) is 24.8 Å². The molecule has 2 saturated heterocycles. The summed E-state index contributed by atoms with van der Waals surface area (Å²) in [5.41, 5.74) is 1.11. The molecule has 0 bridgehead atoms. The van der Waals surface area contributed by atoms with E-state index in [4.69, 9.17) is 14.2 Å². The summed E-state index contributed by atoms with van der Waals surface area (Å²) >= 11 is 0. The lowest BCUT2D eigenvalue weighted by molar-refractivity contribution is -0.145. The first-order valence-corrected chi connectivity index (χ1v) is 7.23. The molecule has 0 amide bonds. The zero-order valence-corrected chi connectivity index (χ0v) is 12.5. The third-order valence-electron chi connectivity index (χ3n) is 4.63. The number of carbonyl (C=O) groups is 2. The van der Waals surface area contributed by atoms with Crippen LogP contribution in [0.4, 0.5) is 0 Å². The summed E-state index contributed by atoms with van der Waals surface area (Å²) in [7, 11) is 0. The molecule has 0 aromatic heterocycles. The van der Waals surface area contributed by atoms with Gasteiger partial charge in [0.1, 0.15) is 12.2 Å². The number of hydrogen-bond donors (Lipinski definition) is 0. The fourth-order valence-corrected chi connectivity index (χ4v) is 3.42. The molecule has 5 heteroatoms. The van der Waals surface area contributed by atoms with Gasteiger partial charge in [-0.2, -0.15) is 0 Å². The van der Waals surface area contributed by atoms with Crippen LogP contribution in [0.5, 0.6) is 0 Å². The van der Waals surface area contributed by atoms with Crippen molar-refractivity contribution in [3.05, 3.63) is 23.8 Å². The lowest BCUT2D eigenvalue weighted by Gasteiger charge is -2.19. The molecule has 1 aliphatic carbocycles. The molecule has 21 heavy (non-hydrogen) atoms. The average molecular weight is 292 g/mol. The van der Waals surface area contributed by atoms with Crippen molar-refractivity contribution >= 4 is 11.9 Å². The van der Waals surface area contributed by atoms with Gasteiger partial charge >= 0.3 is 11.9 Å². The van der Waals surface area contributed by atoms with Crippen LogP contribution in [0, 0.1) is 5.92 Å². The Hall–Kier alpha value is -1.62. The Morgan fingerprint density at radius 2 is 2.24 bits per heavy atom. The molecule has 5 nitrogen and oxygen atoms in total. The molecule has 0 aromatic carbocycles. The van der Waals surface area contributed by atoms with Crippen molar-refractivity contribution in [2.45, 2.75) is 57.5 Å². The van der Waals surface area contributed by atoms with Crippen LogP contribution in [0.2, 0.25) is 0 Å². The van der Waals surface area contributed by atoms with Gasteiger partial charge in [-0.15, -0.1) is 0 Å². The highest BCUT2D eigenvalue weighted by molar-refractivity contribution is 5.91. The van der Waals surface area contributed by atoms with E-state index >= 15 is 0 Å². The van der Waals surface area contributed by atoms with Crippen LogP contribution >= 0.6 is 0 Å². The van der Waals surface area contributed by atoms with Crippen LogP contribution in [0.25, 0.3) is 0 Å². The second-order valence-electron chi connectivity index (χ2n) is 6.38. The molecular formula is C16H20O5. The maximum Gasteiger partial charge on any atom is 0.334 e. The number of rotatable bonds is 1. The normalized spacial score (nSPS) is 41.8. The van der Waals surface area contributed by atoms with E-state index < -0.39 is 0 Å². The summed E-state index contributed by atoms with van der Waals surface area (Å²) in [5.74, 6) is -0.727. The summed E-state index contributed by atoms with van der Waals surface area (Å²) < 4.78 is 16.6. The van der Waals surface area contributed by atoms with E-state index in [9.17, 15) is 9.59 Å². The average Bonchev–Trinajstić information content (AvgIpc) is 2.89. The first-order chi connectivity index (χ1) is 9.80. The summed E-state index contributed by atoms with van der Waals surface area (Å²) in [5, 5.41) is 0. The standard InChI is InChI=1S/C16H20O5/c1-8-5-11(19-10(3)17)7-16(4)13(21-16)6-12-9(2)15(18)20-14(8)12/h5,11-14H,2,6-7H2,1,3-4H3. The number of hydrogen-bond acceptors (Lipinski definition) is 5. The van der Waals surface area contributed by atoms with Crippen LogP contribution in [-0.2, 0) is 23.8 Å². The van der Waals surface area contributed by atoms with Crippen LogP contribution in [0.1, 0.15) is 33.6 Å². The van der Waals surface area contributed by atoms with Gasteiger partial charge in [0.15, 0.2) is 0 Å². The molecule has 2 aliphatic heterocycles. The Morgan fingerprint density at radius 3 is 2.90 bits per heavy atom. The van der Waals surface area contributed by atoms with Crippen LogP contribution in [0.15, 0.2) is 23.8 Å². The quantitative estimate of drug-likeness (QED) is 0.320. The largest absolute Gasteiger partial charge is 0.458 e. The minimum absolute atomic E-state index is 0.0496. The molecular weight excluding hydrogens is 272 g/mol. The Morgan fingerprint density at radius 1 is 1.52 bits per heavy atom. The summed E-state index contributed by atoms with van der Waals surface area (Å²) in [4.78, 5) is 23.0. The molecule has 0 aromatic rings. The molecule has 5 atom stereocenters. The molecule has 3 aliphatic rings. The van der Waals surface area contributed by atoms with Crippen molar-refractivity contribution in [1.82, 2.24) is 0 Å². The van der Waals surface area contributed by atoms with Crippen LogP contribution in [0.3, 0.4) is 0 Å². The highest BCUT2D eigenvalue weighted by Crippen LogP contribution is 2.49. The second-order valence-corrected chi connectivity index (χ2v) is 6.38. The second kappa shape index (κ2) is 4.70. The van der Waals surface area contributed by atoms with Crippen molar-refractivity contribution in [2.24, 2.45) is 5.92 Å². The lowest BCUT2D eigenvalue weighted by Crippen LogP contribution is -2.23. The molecule has 3 rings (SSSR count). The molecule has 0 spiro atoms. The Balaban J connectivity index is 1.92.